The molecule has 3 aromatic rings. The van der Waals surface area contributed by atoms with Crippen LogP contribution in [0.25, 0.3) is 11.3 Å². The second-order valence-electron chi connectivity index (χ2n) is 5.93. The number of hydrogen-bond donors (Lipinski definition) is 0. The summed E-state index contributed by atoms with van der Waals surface area (Å²) in [5.41, 5.74) is -1.71. The van der Waals surface area contributed by atoms with Crippen LogP contribution in [0.4, 0.5) is 17.6 Å². The van der Waals surface area contributed by atoms with Gasteiger partial charge in [0.15, 0.2) is 5.43 Å². The predicted octanol–water partition coefficient (Wildman–Crippen LogP) is 5.25. The van der Waals surface area contributed by atoms with Gasteiger partial charge in [-0.1, -0.05) is 41.9 Å². The normalized spacial score (nSPS) is 11.3. The fourth-order valence-corrected chi connectivity index (χ4v) is 3.11. The first-order valence-corrected chi connectivity index (χ1v) is 8.34. The quantitative estimate of drug-likeness (QED) is 0.558. The molecule has 0 fully saturated rings. The van der Waals surface area contributed by atoms with Crippen LogP contribution in [0.15, 0.2) is 59.5 Å². The minimum atomic E-state index is -4.68. The average molecular weight is 407 g/mol. The van der Waals surface area contributed by atoms with Crippen molar-refractivity contribution in [1.29, 1.82) is 5.26 Å². The Balaban J connectivity index is 2.25. The molecule has 0 saturated carbocycles. The molecule has 3 nitrogen and oxygen atoms in total. The zero-order valence-corrected chi connectivity index (χ0v) is 14.9. The lowest BCUT2D eigenvalue weighted by atomic mass is 10.0. The third-order valence-corrected chi connectivity index (χ3v) is 4.53. The summed E-state index contributed by atoms with van der Waals surface area (Å²) in [6, 6.07) is 11.9. The molecule has 3 rings (SSSR count). The zero-order valence-electron chi connectivity index (χ0n) is 14.1. The number of alkyl halides is 3. The molecule has 0 amide bonds. The molecule has 8 heteroatoms. The van der Waals surface area contributed by atoms with Gasteiger partial charge in [-0.15, -0.1) is 0 Å². The molecule has 0 spiro atoms. The van der Waals surface area contributed by atoms with Gasteiger partial charge in [0.2, 0.25) is 0 Å². The summed E-state index contributed by atoms with van der Waals surface area (Å²) in [6.45, 7) is -0.108. The first-order valence-electron chi connectivity index (χ1n) is 7.96. The number of halogens is 5. The second-order valence-corrected chi connectivity index (χ2v) is 6.31. The maximum atomic E-state index is 14.1. The highest BCUT2D eigenvalue weighted by molar-refractivity contribution is 6.34. The van der Waals surface area contributed by atoms with Crippen molar-refractivity contribution in [2.75, 3.05) is 0 Å². The number of nitriles is 1. The number of hydrogen-bond acceptors (Lipinski definition) is 2. The predicted molar refractivity (Wildman–Crippen MR) is 96.4 cm³/mol. The summed E-state index contributed by atoms with van der Waals surface area (Å²) in [6.07, 6.45) is -3.50. The van der Waals surface area contributed by atoms with Crippen molar-refractivity contribution in [3.63, 3.8) is 0 Å². The lowest BCUT2D eigenvalue weighted by molar-refractivity contribution is -0.137. The van der Waals surface area contributed by atoms with E-state index in [4.69, 9.17) is 16.9 Å². The van der Waals surface area contributed by atoms with E-state index in [1.54, 1.807) is 12.1 Å². The van der Waals surface area contributed by atoms with Gasteiger partial charge in [0.05, 0.1) is 22.8 Å². The SMILES string of the molecule is N#Cc1cn(Cc2ccccc2F)c(-c2cccc(C(F)(F)F)c2Cl)cc1=O. The largest absolute Gasteiger partial charge is 0.417 e. The summed E-state index contributed by atoms with van der Waals surface area (Å²) in [7, 11) is 0. The highest BCUT2D eigenvalue weighted by Crippen LogP contribution is 2.39. The van der Waals surface area contributed by atoms with Gasteiger partial charge in [0, 0.05) is 23.4 Å². The summed E-state index contributed by atoms with van der Waals surface area (Å²) in [4.78, 5) is 12.1. The van der Waals surface area contributed by atoms with Crippen molar-refractivity contribution in [3.05, 3.63) is 92.5 Å². The van der Waals surface area contributed by atoms with Gasteiger partial charge >= 0.3 is 6.18 Å². The standard InChI is InChI=1S/C20H11ClF4N2O/c21-19-14(5-3-6-15(19)20(23,24)25)17-8-18(28)13(9-26)11-27(17)10-12-4-1-2-7-16(12)22/h1-8,11H,10H2. The maximum Gasteiger partial charge on any atom is 0.417 e. The minimum Gasteiger partial charge on any atom is -0.341 e. The van der Waals surface area contributed by atoms with E-state index in [1.165, 1.54) is 41.1 Å². The Bertz CT molecular complexity index is 1150. The highest BCUT2D eigenvalue weighted by Gasteiger charge is 2.34. The average Bonchev–Trinajstić information content (AvgIpc) is 2.64. The summed E-state index contributed by atoms with van der Waals surface area (Å²) in [5.74, 6) is -0.527. The number of pyridine rings is 1. The number of rotatable bonds is 3. The fraction of sp³-hybridized carbons (Fsp3) is 0.100. The van der Waals surface area contributed by atoms with E-state index in [9.17, 15) is 22.4 Å². The van der Waals surface area contributed by atoms with Crippen LogP contribution >= 0.6 is 11.6 Å². The number of nitrogens with zero attached hydrogens (tertiary/aromatic N) is 2. The molecule has 1 heterocycles. The molecular weight excluding hydrogens is 396 g/mol. The first-order chi connectivity index (χ1) is 13.2. The van der Waals surface area contributed by atoms with Gasteiger partial charge in [-0.25, -0.2) is 4.39 Å². The van der Waals surface area contributed by atoms with E-state index in [0.717, 1.165) is 12.1 Å². The molecular formula is C20H11ClF4N2O. The molecule has 0 N–H and O–H groups in total. The van der Waals surface area contributed by atoms with Crippen molar-refractivity contribution < 1.29 is 17.6 Å². The Labute approximate surface area is 162 Å². The van der Waals surface area contributed by atoms with Crippen LogP contribution in [0.3, 0.4) is 0 Å². The lowest BCUT2D eigenvalue weighted by Crippen LogP contribution is -2.15. The van der Waals surface area contributed by atoms with E-state index in [-0.39, 0.29) is 28.9 Å². The Kier molecular flexibility index (Phi) is 5.25. The third-order valence-electron chi connectivity index (χ3n) is 4.13. The van der Waals surface area contributed by atoms with E-state index in [0.29, 0.717) is 0 Å². The molecule has 28 heavy (non-hydrogen) atoms. The van der Waals surface area contributed by atoms with Gasteiger partial charge in [-0.2, -0.15) is 18.4 Å². The van der Waals surface area contributed by atoms with Crippen LogP contribution in [0.2, 0.25) is 5.02 Å². The van der Waals surface area contributed by atoms with Gasteiger partial charge in [-0.3, -0.25) is 4.79 Å². The van der Waals surface area contributed by atoms with Crippen LogP contribution in [-0.4, -0.2) is 4.57 Å². The van der Waals surface area contributed by atoms with Crippen LogP contribution in [0.5, 0.6) is 0 Å². The maximum absolute atomic E-state index is 14.1. The third kappa shape index (κ3) is 3.78. The number of aromatic nitrogens is 1. The molecule has 0 saturated heterocycles. The van der Waals surface area contributed by atoms with Crippen LogP contribution in [0, 0.1) is 17.1 Å². The molecule has 0 bridgehead atoms. The topological polar surface area (TPSA) is 45.8 Å². The lowest BCUT2D eigenvalue weighted by Gasteiger charge is -2.18. The smallest absolute Gasteiger partial charge is 0.341 e. The second kappa shape index (κ2) is 7.49. The van der Waals surface area contributed by atoms with Crippen molar-refractivity contribution >= 4 is 11.6 Å². The van der Waals surface area contributed by atoms with Crippen molar-refractivity contribution in [1.82, 2.24) is 4.57 Å². The molecule has 142 valence electrons. The molecule has 0 aliphatic rings. The molecule has 0 aliphatic heterocycles. The zero-order chi connectivity index (χ0) is 20.5. The van der Waals surface area contributed by atoms with Crippen LogP contribution in [0.1, 0.15) is 16.7 Å². The van der Waals surface area contributed by atoms with Crippen molar-refractivity contribution in [2.45, 2.75) is 12.7 Å². The summed E-state index contributed by atoms with van der Waals surface area (Å²) in [5, 5.41) is 8.54. The summed E-state index contributed by atoms with van der Waals surface area (Å²) < 4.78 is 55.0. The number of benzene rings is 2. The van der Waals surface area contributed by atoms with Gasteiger partial charge in [0.1, 0.15) is 17.4 Å². The Hall–Kier alpha value is -3.11. The minimum absolute atomic E-state index is 0.0448. The fourth-order valence-electron chi connectivity index (χ4n) is 2.78. The Morgan fingerprint density at radius 3 is 2.46 bits per heavy atom. The molecule has 0 aliphatic carbocycles. The molecule has 2 aromatic carbocycles. The molecule has 0 radical (unpaired) electrons. The van der Waals surface area contributed by atoms with E-state index in [1.807, 2.05) is 0 Å². The summed E-state index contributed by atoms with van der Waals surface area (Å²) >= 11 is 5.99. The Morgan fingerprint density at radius 1 is 1.11 bits per heavy atom. The molecule has 0 unspecified atom stereocenters. The van der Waals surface area contributed by atoms with Gasteiger partial charge < -0.3 is 4.57 Å². The van der Waals surface area contributed by atoms with Crippen LogP contribution in [-0.2, 0) is 12.7 Å². The van der Waals surface area contributed by atoms with Crippen molar-refractivity contribution in [2.24, 2.45) is 0 Å². The highest BCUT2D eigenvalue weighted by atomic mass is 35.5. The monoisotopic (exact) mass is 406 g/mol. The van der Waals surface area contributed by atoms with E-state index < -0.39 is 28.0 Å². The van der Waals surface area contributed by atoms with Crippen molar-refractivity contribution in [3.8, 4) is 17.3 Å². The van der Waals surface area contributed by atoms with E-state index >= 15 is 0 Å². The first kappa shape index (κ1) is 19.6. The molecule has 0 atom stereocenters. The van der Waals surface area contributed by atoms with Gasteiger partial charge in [-0.05, 0) is 12.1 Å². The molecule has 1 aromatic heterocycles. The van der Waals surface area contributed by atoms with Gasteiger partial charge in [0.25, 0.3) is 0 Å². The van der Waals surface area contributed by atoms with Crippen LogP contribution < -0.4 is 5.43 Å². The van der Waals surface area contributed by atoms with E-state index in [2.05, 4.69) is 0 Å². The Morgan fingerprint density at radius 2 is 1.82 bits per heavy atom.